The van der Waals surface area contributed by atoms with Crippen LogP contribution in [0.15, 0.2) is 0 Å². The molecule has 0 amide bonds. The standard InChI is InChI=1S/C50H99NO5/c1-5-9-13-17-20-28-38-47(37-27-16-12-8-4)49(53)55-45-35-25-23-31-41-51(43-33-34-44-52)42-32-24-26-36-46-56-50(54)48(39-29-21-18-14-10-6-2)40-30-22-19-15-11-7-3/h47-48,52H,5-46H2,1-4H3. The van der Waals surface area contributed by atoms with Gasteiger partial charge in [-0.2, -0.15) is 0 Å². The third-order valence-corrected chi connectivity index (χ3v) is 11.9. The quantitative estimate of drug-likeness (QED) is 0.0489. The van der Waals surface area contributed by atoms with E-state index in [1.54, 1.807) is 0 Å². The van der Waals surface area contributed by atoms with Gasteiger partial charge in [0, 0.05) is 6.61 Å². The molecule has 0 fully saturated rings. The molecule has 6 heteroatoms. The number of carbonyl (C=O) groups excluding carboxylic acids is 2. The summed E-state index contributed by atoms with van der Waals surface area (Å²) in [6, 6.07) is 0. The number of unbranched alkanes of at least 4 members (excludes halogenated alkanes) is 25. The predicted molar refractivity (Wildman–Crippen MR) is 241 cm³/mol. The Bertz CT molecular complexity index is 790. The Morgan fingerprint density at radius 3 is 0.982 bits per heavy atom. The number of hydrogen-bond acceptors (Lipinski definition) is 6. The Balaban J connectivity index is 4.40. The molecule has 0 spiro atoms. The number of rotatable bonds is 46. The highest BCUT2D eigenvalue weighted by molar-refractivity contribution is 5.72. The van der Waals surface area contributed by atoms with E-state index >= 15 is 0 Å². The summed E-state index contributed by atoms with van der Waals surface area (Å²) >= 11 is 0. The highest BCUT2D eigenvalue weighted by Crippen LogP contribution is 2.22. The second kappa shape index (κ2) is 45.0. The zero-order valence-electron chi connectivity index (χ0n) is 38.4. The highest BCUT2D eigenvalue weighted by Gasteiger charge is 2.20. The van der Waals surface area contributed by atoms with Crippen molar-refractivity contribution in [2.75, 3.05) is 39.5 Å². The minimum Gasteiger partial charge on any atom is -0.465 e. The molecule has 1 N–H and O–H groups in total. The van der Waals surface area contributed by atoms with Crippen LogP contribution in [0, 0.1) is 11.8 Å². The van der Waals surface area contributed by atoms with E-state index in [1.807, 2.05) is 0 Å². The van der Waals surface area contributed by atoms with Gasteiger partial charge in [0.25, 0.3) is 0 Å². The van der Waals surface area contributed by atoms with Crippen LogP contribution in [0.4, 0.5) is 0 Å². The Kier molecular flexibility index (Phi) is 44.0. The molecular weight excluding hydrogens is 695 g/mol. The Labute approximate surface area is 350 Å². The molecule has 56 heavy (non-hydrogen) atoms. The molecule has 334 valence electrons. The average molecular weight is 794 g/mol. The molecule has 0 radical (unpaired) electrons. The largest absolute Gasteiger partial charge is 0.465 e. The van der Waals surface area contributed by atoms with Gasteiger partial charge in [-0.25, -0.2) is 0 Å². The number of esters is 2. The van der Waals surface area contributed by atoms with Gasteiger partial charge in [-0.3, -0.25) is 9.59 Å². The van der Waals surface area contributed by atoms with Gasteiger partial charge in [-0.05, 0) is 83.8 Å². The Hall–Kier alpha value is -1.14. The lowest BCUT2D eigenvalue weighted by Gasteiger charge is -2.22. The SMILES string of the molecule is CCCCCCCCC(CCCCCC)C(=O)OCCCCCCN(CCCCO)CCCCCCOC(=O)C(CCCCCCCC)CCCCCCCC. The number of nitrogens with zero attached hydrogens (tertiary/aromatic N) is 1. The van der Waals surface area contributed by atoms with Gasteiger partial charge in [-0.1, -0.05) is 195 Å². The summed E-state index contributed by atoms with van der Waals surface area (Å²) in [6.07, 6.45) is 42.4. The molecule has 0 aromatic rings. The van der Waals surface area contributed by atoms with E-state index in [1.165, 1.54) is 128 Å². The zero-order valence-corrected chi connectivity index (χ0v) is 38.4. The lowest BCUT2D eigenvalue weighted by Crippen LogP contribution is -2.27. The molecular formula is C50H99NO5. The van der Waals surface area contributed by atoms with E-state index in [-0.39, 0.29) is 30.4 Å². The topological polar surface area (TPSA) is 76.1 Å². The lowest BCUT2D eigenvalue weighted by atomic mass is 9.94. The van der Waals surface area contributed by atoms with Gasteiger partial charge in [0.1, 0.15) is 0 Å². The first-order chi connectivity index (χ1) is 27.5. The van der Waals surface area contributed by atoms with Crippen molar-refractivity contribution in [1.82, 2.24) is 4.90 Å². The van der Waals surface area contributed by atoms with Crippen LogP contribution in [0.5, 0.6) is 0 Å². The van der Waals surface area contributed by atoms with Gasteiger partial charge >= 0.3 is 11.9 Å². The number of carbonyl (C=O) groups is 2. The van der Waals surface area contributed by atoms with Crippen LogP contribution >= 0.6 is 0 Å². The molecule has 0 bridgehead atoms. The number of ether oxygens (including phenoxy) is 2. The maximum absolute atomic E-state index is 13.1. The summed E-state index contributed by atoms with van der Waals surface area (Å²) in [5.41, 5.74) is 0. The summed E-state index contributed by atoms with van der Waals surface area (Å²) in [5.74, 6) is 0.296. The van der Waals surface area contributed by atoms with Crippen molar-refractivity contribution >= 4 is 11.9 Å². The number of hydrogen-bond donors (Lipinski definition) is 1. The predicted octanol–water partition coefficient (Wildman–Crippen LogP) is 14.7. The van der Waals surface area contributed by atoms with Crippen molar-refractivity contribution in [3.8, 4) is 0 Å². The van der Waals surface area contributed by atoms with Crippen molar-refractivity contribution in [3.63, 3.8) is 0 Å². The van der Waals surface area contributed by atoms with Crippen molar-refractivity contribution in [2.45, 2.75) is 259 Å². The molecule has 0 aromatic heterocycles. The van der Waals surface area contributed by atoms with Crippen LogP contribution in [0.25, 0.3) is 0 Å². The van der Waals surface area contributed by atoms with E-state index < -0.39 is 0 Å². The van der Waals surface area contributed by atoms with Crippen LogP contribution in [0.3, 0.4) is 0 Å². The summed E-state index contributed by atoms with van der Waals surface area (Å²) in [7, 11) is 0. The first kappa shape index (κ1) is 54.9. The Morgan fingerprint density at radius 1 is 0.375 bits per heavy atom. The average Bonchev–Trinajstić information content (AvgIpc) is 3.20. The zero-order chi connectivity index (χ0) is 41.0. The second-order valence-electron chi connectivity index (χ2n) is 17.3. The van der Waals surface area contributed by atoms with E-state index in [0.717, 1.165) is 122 Å². The molecule has 0 saturated carbocycles. The molecule has 0 aliphatic carbocycles. The maximum Gasteiger partial charge on any atom is 0.308 e. The Morgan fingerprint density at radius 2 is 0.643 bits per heavy atom. The lowest BCUT2D eigenvalue weighted by molar-refractivity contribution is -0.150. The number of aliphatic hydroxyl groups excluding tert-OH is 1. The minimum atomic E-state index is 0.0551. The van der Waals surface area contributed by atoms with Crippen LogP contribution in [0.2, 0.25) is 0 Å². The molecule has 0 rings (SSSR count). The van der Waals surface area contributed by atoms with Crippen LogP contribution in [-0.4, -0.2) is 61.4 Å². The fraction of sp³-hybridized carbons (Fsp3) is 0.960. The van der Waals surface area contributed by atoms with Crippen LogP contribution < -0.4 is 0 Å². The molecule has 0 aromatic carbocycles. The van der Waals surface area contributed by atoms with E-state index in [4.69, 9.17) is 9.47 Å². The molecule has 0 saturated heterocycles. The summed E-state index contributed by atoms with van der Waals surface area (Å²) in [6.45, 7) is 13.7. The van der Waals surface area contributed by atoms with Crippen molar-refractivity contribution < 1.29 is 24.2 Å². The molecule has 0 heterocycles. The third-order valence-electron chi connectivity index (χ3n) is 11.9. The minimum absolute atomic E-state index is 0.0551. The smallest absolute Gasteiger partial charge is 0.308 e. The van der Waals surface area contributed by atoms with Gasteiger partial charge in [-0.15, -0.1) is 0 Å². The maximum atomic E-state index is 13.1. The van der Waals surface area contributed by atoms with Gasteiger partial charge in [0.2, 0.25) is 0 Å². The van der Waals surface area contributed by atoms with E-state index in [0.29, 0.717) is 13.2 Å². The molecule has 0 aliphatic rings. The number of aliphatic hydroxyl groups is 1. The molecule has 1 atom stereocenters. The van der Waals surface area contributed by atoms with Crippen LogP contribution in [0.1, 0.15) is 259 Å². The second-order valence-corrected chi connectivity index (χ2v) is 17.3. The summed E-state index contributed by atoms with van der Waals surface area (Å²) < 4.78 is 11.7. The van der Waals surface area contributed by atoms with Crippen molar-refractivity contribution in [2.24, 2.45) is 11.8 Å². The monoisotopic (exact) mass is 794 g/mol. The highest BCUT2D eigenvalue weighted by atomic mass is 16.5. The summed E-state index contributed by atoms with van der Waals surface area (Å²) in [5, 5.41) is 9.34. The molecule has 1 unspecified atom stereocenters. The van der Waals surface area contributed by atoms with Crippen molar-refractivity contribution in [1.29, 1.82) is 0 Å². The van der Waals surface area contributed by atoms with Gasteiger partial charge in [0.05, 0.1) is 25.0 Å². The van der Waals surface area contributed by atoms with E-state index in [2.05, 4.69) is 32.6 Å². The fourth-order valence-electron chi connectivity index (χ4n) is 8.04. The van der Waals surface area contributed by atoms with Crippen molar-refractivity contribution in [3.05, 3.63) is 0 Å². The molecule has 0 aliphatic heterocycles. The van der Waals surface area contributed by atoms with Gasteiger partial charge < -0.3 is 19.5 Å². The normalized spacial score (nSPS) is 12.2. The first-order valence-corrected chi connectivity index (χ1v) is 25.2. The van der Waals surface area contributed by atoms with E-state index in [9.17, 15) is 14.7 Å². The van der Waals surface area contributed by atoms with Crippen LogP contribution in [-0.2, 0) is 19.1 Å². The molecule has 6 nitrogen and oxygen atoms in total. The summed E-state index contributed by atoms with van der Waals surface area (Å²) in [4.78, 5) is 28.6. The van der Waals surface area contributed by atoms with Gasteiger partial charge in [0.15, 0.2) is 0 Å². The third kappa shape index (κ3) is 37.2. The first-order valence-electron chi connectivity index (χ1n) is 25.2. The fourth-order valence-corrected chi connectivity index (χ4v) is 8.04.